The van der Waals surface area contributed by atoms with Crippen LogP contribution < -0.4 is 9.64 Å². The molecule has 7 aromatic rings. The summed E-state index contributed by atoms with van der Waals surface area (Å²) in [6.45, 7) is 2.58. The van der Waals surface area contributed by atoms with Gasteiger partial charge in [0.25, 0.3) is 0 Å². The van der Waals surface area contributed by atoms with Gasteiger partial charge in [-0.05, 0) is 79.3 Å². The van der Waals surface area contributed by atoms with E-state index in [4.69, 9.17) is 4.74 Å². The van der Waals surface area contributed by atoms with Gasteiger partial charge in [0.15, 0.2) is 0 Å². The van der Waals surface area contributed by atoms with Crippen molar-refractivity contribution in [1.29, 1.82) is 0 Å². The highest BCUT2D eigenvalue weighted by atomic mass is 16.5. The van der Waals surface area contributed by atoms with Gasteiger partial charge in [-0.15, -0.1) is 0 Å². The average Bonchev–Trinajstić information content (AvgIpc) is 3.65. The van der Waals surface area contributed by atoms with Crippen LogP contribution in [0.15, 0.2) is 200 Å². The van der Waals surface area contributed by atoms with Crippen LogP contribution in [0.25, 0.3) is 44.1 Å². The fourth-order valence-electron chi connectivity index (χ4n) is 8.29. The van der Waals surface area contributed by atoms with Gasteiger partial charge in [-0.25, -0.2) is 0 Å². The molecule has 1 aliphatic heterocycles. The van der Waals surface area contributed by atoms with Crippen molar-refractivity contribution in [3.8, 4) is 28.0 Å². The van der Waals surface area contributed by atoms with E-state index in [-0.39, 0.29) is 6.04 Å². The van der Waals surface area contributed by atoms with Crippen LogP contribution in [0.4, 0.5) is 17.1 Å². The molecule has 0 N–H and O–H groups in total. The summed E-state index contributed by atoms with van der Waals surface area (Å²) in [4.78, 5) is 2.49. The molecule has 0 saturated carbocycles. The topological polar surface area (TPSA) is 17.4 Å². The normalized spacial score (nSPS) is 17.4. The zero-order chi connectivity index (χ0) is 37.0. The molecule has 0 spiro atoms. The first-order chi connectivity index (χ1) is 27.3. The molecule has 3 heteroatoms. The van der Waals surface area contributed by atoms with E-state index in [1.165, 1.54) is 49.7 Å². The first kappa shape index (κ1) is 34.2. The molecule has 0 bridgehead atoms. The second-order valence-corrected chi connectivity index (χ2v) is 14.3. The first-order valence-electron chi connectivity index (χ1n) is 19.4. The number of benzene rings is 6. The van der Waals surface area contributed by atoms with Crippen LogP contribution >= 0.6 is 0 Å². The van der Waals surface area contributed by atoms with Crippen LogP contribution in [0.3, 0.4) is 0 Å². The molecule has 0 fully saturated rings. The molecule has 268 valence electrons. The van der Waals surface area contributed by atoms with E-state index in [0.717, 1.165) is 47.6 Å². The van der Waals surface area contributed by atoms with E-state index in [2.05, 4.69) is 211 Å². The number of ether oxygens (including phenoxy) is 1. The maximum atomic E-state index is 6.86. The number of rotatable bonds is 7. The Kier molecular flexibility index (Phi) is 9.59. The second kappa shape index (κ2) is 15.4. The Labute approximate surface area is 324 Å². The summed E-state index contributed by atoms with van der Waals surface area (Å²) in [6.07, 6.45) is 22.6. The molecule has 3 nitrogen and oxygen atoms in total. The maximum Gasteiger partial charge on any atom is 0.147 e. The predicted molar refractivity (Wildman–Crippen MR) is 233 cm³/mol. The van der Waals surface area contributed by atoms with E-state index in [1.807, 2.05) is 0 Å². The van der Waals surface area contributed by atoms with Gasteiger partial charge in [0.05, 0.1) is 22.9 Å². The monoisotopic (exact) mass is 712 g/mol. The summed E-state index contributed by atoms with van der Waals surface area (Å²) in [7, 11) is 0. The van der Waals surface area contributed by atoms with Crippen molar-refractivity contribution in [3.63, 3.8) is 0 Å². The summed E-state index contributed by atoms with van der Waals surface area (Å²) < 4.78 is 9.43. The number of nitrogens with zero attached hydrogens (tertiary/aromatic N) is 2. The van der Waals surface area contributed by atoms with Gasteiger partial charge in [0.1, 0.15) is 12.4 Å². The molecular formula is C52H44N2O. The molecule has 6 aromatic carbocycles. The first-order valence-corrected chi connectivity index (χ1v) is 19.4. The summed E-state index contributed by atoms with van der Waals surface area (Å²) in [6, 6.07) is 50.7. The zero-order valence-corrected chi connectivity index (χ0v) is 31.2. The Hall–Kier alpha value is -6.58. The lowest BCUT2D eigenvalue weighted by atomic mass is 9.95. The molecule has 55 heavy (non-hydrogen) atoms. The van der Waals surface area contributed by atoms with Gasteiger partial charge in [-0.3, -0.25) is 0 Å². The molecule has 9 rings (SSSR count). The van der Waals surface area contributed by atoms with Crippen LogP contribution in [-0.2, 0) is 6.42 Å². The third-order valence-electron chi connectivity index (χ3n) is 10.8. The minimum absolute atomic E-state index is 0.129. The number of anilines is 3. The number of fused-ring (bicyclic) bond motifs is 5. The number of hydrogen-bond acceptors (Lipinski definition) is 2. The van der Waals surface area contributed by atoms with E-state index in [0.29, 0.717) is 6.61 Å². The molecule has 0 saturated heterocycles. The predicted octanol–water partition coefficient (Wildman–Crippen LogP) is 14.0. The molecule has 1 atom stereocenters. The second-order valence-electron chi connectivity index (χ2n) is 14.3. The Morgan fingerprint density at radius 2 is 1.38 bits per heavy atom. The van der Waals surface area contributed by atoms with Crippen molar-refractivity contribution in [1.82, 2.24) is 4.57 Å². The van der Waals surface area contributed by atoms with Crippen molar-refractivity contribution in [3.05, 3.63) is 205 Å². The van der Waals surface area contributed by atoms with Crippen LogP contribution in [0, 0.1) is 0 Å². The van der Waals surface area contributed by atoms with Crippen molar-refractivity contribution in [2.24, 2.45) is 0 Å². The Balaban J connectivity index is 1.37. The van der Waals surface area contributed by atoms with Crippen LogP contribution in [0.2, 0.25) is 0 Å². The third-order valence-corrected chi connectivity index (χ3v) is 10.8. The highest BCUT2D eigenvalue weighted by Crippen LogP contribution is 2.51. The van der Waals surface area contributed by atoms with E-state index < -0.39 is 0 Å². The van der Waals surface area contributed by atoms with Crippen LogP contribution in [0.5, 0.6) is 5.75 Å². The van der Waals surface area contributed by atoms with Gasteiger partial charge in [0.2, 0.25) is 0 Å². The number of para-hydroxylation sites is 2. The van der Waals surface area contributed by atoms with Crippen molar-refractivity contribution in [2.75, 3.05) is 11.5 Å². The van der Waals surface area contributed by atoms with Crippen LogP contribution in [-0.4, -0.2) is 11.2 Å². The van der Waals surface area contributed by atoms with E-state index in [1.54, 1.807) is 0 Å². The molecule has 1 aliphatic carbocycles. The lowest BCUT2D eigenvalue weighted by Crippen LogP contribution is -2.14. The molecule has 2 aliphatic rings. The standard InChI is InChI=1S/C52H44N2O/c1-2-3-19-38-20-18-26-44(36-38)54-48-30-16-14-28-46(48)50-49(37-42-25-8-4-5-17-35-55-52(42)51(50)54)53(43-33-31-40(32-34-43)39-21-9-6-10-22-39)47-29-15-13-27-45(47)41-23-11-7-12-24-41/h2-19,21-24,26-34,37,44H,20,25,35-36H2,1H3/b3-2-,8-4-,17-5-,38-19+. The van der Waals surface area contributed by atoms with Crippen molar-refractivity contribution < 1.29 is 4.74 Å². The Bertz CT molecular complexity index is 2620. The quantitative estimate of drug-likeness (QED) is 0.153. The largest absolute Gasteiger partial charge is 0.487 e. The fraction of sp³-hybridized carbons (Fsp3) is 0.115. The van der Waals surface area contributed by atoms with Gasteiger partial charge in [0, 0.05) is 33.1 Å². The summed E-state index contributed by atoms with van der Waals surface area (Å²) >= 11 is 0. The van der Waals surface area contributed by atoms with Crippen molar-refractivity contribution in [2.45, 2.75) is 32.2 Å². The molecule has 2 heterocycles. The smallest absolute Gasteiger partial charge is 0.147 e. The number of aromatic nitrogens is 1. The lowest BCUT2D eigenvalue weighted by Gasteiger charge is -2.30. The summed E-state index contributed by atoms with van der Waals surface area (Å²) in [5, 5.41) is 2.40. The fourth-order valence-corrected chi connectivity index (χ4v) is 8.29. The molecule has 0 amide bonds. The molecule has 1 unspecified atom stereocenters. The Morgan fingerprint density at radius 3 is 2.20 bits per heavy atom. The number of hydrogen-bond donors (Lipinski definition) is 0. The van der Waals surface area contributed by atoms with E-state index in [9.17, 15) is 0 Å². The van der Waals surface area contributed by atoms with Gasteiger partial charge >= 0.3 is 0 Å². The SMILES string of the molecule is C/C=C\C=C1/CC=CC(n2c3ccccc3c3c(N(c4ccc(-c5ccccc5)cc4)c4ccccc4-c4ccccc4)cc4c(c32)OC/C=C\C=C/C4)C1. The lowest BCUT2D eigenvalue weighted by molar-refractivity contribution is 0.362. The minimum atomic E-state index is 0.129. The minimum Gasteiger partial charge on any atom is -0.487 e. The summed E-state index contributed by atoms with van der Waals surface area (Å²) in [5.74, 6) is 0.958. The molecule has 0 radical (unpaired) electrons. The summed E-state index contributed by atoms with van der Waals surface area (Å²) in [5.41, 5.74) is 13.0. The average molecular weight is 713 g/mol. The Morgan fingerprint density at radius 1 is 0.673 bits per heavy atom. The molecular weight excluding hydrogens is 669 g/mol. The zero-order valence-electron chi connectivity index (χ0n) is 31.2. The van der Waals surface area contributed by atoms with Crippen molar-refractivity contribution >= 4 is 38.9 Å². The maximum absolute atomic E-state index is 6.86. The van der Waals surface area contributed by atoms with Gasteiger partial charge in [-0.2, -0.15) is 0 Å². The van der Waals surface area contributed by atoms with Gasteiger partial charge < -0.3 is 14.2 Å². The van der Waals surface area contributed by atoms with E-state index >= 15 is 0 Å². The third kappa shape index (κ3) is 6.64. The van der Waals surface area contributed by atoms with Crippen LogP contribution in [0.1, 0.15) is 31.4 Å². The molecule has 1 aromatic heterocycles. The number of allylic oxidation sites excluding steroid dienone is 9. The highest BCUT2D eigenvalue weighted by molar-refractivity contribution is 6.18. The van der Waals surface area contributed by atoms with Gasteiger partial charge in [-0.1, -0.05) is 163 Å². The highest BCUT2D eigenvalue weighted by Gasteiger charge is 2.29.